The Bertz CT molecular complexity index is 17.6. The summed E-state index contributed by atoms with van der Waals surface area (Å²) in [6.07, 6.45) is 0. The quantitative estimate of drug-likeness (QED) is 0.443. The van der Waals surface area contributed by atoms with Crippen molar-refractivity contribution in [3.63, 3.8) is 0 Å². The van der Waals surface area contributed by atoms with Crippen LogP contribution in [0, 0.1) is 14.1 Å². The molecule has 0 fully saturated rings. The molecule has 0 aliphatic rings. The van der Waals surface area contributed by atoms with Crippen molar-refractivity contribution in [3.05, 3.63) is 14.1 Å². The lowest BCUT2D eigenvalue weighted by molar-refractivity contribution is 0.524. The van der Waals surface area contributed by atoms with Gasteiger partial charge in [-0.25, -0.2) is 0 Å². The van der Waals surface area contributed by atoms with Gasteiger partial charge in [0.25, 0.3) is 0 Å². The topological polar surface area (TPSA) is 3.24 Å². The number of rotatable bonds is 1. The van der Waals surface area contributed by atoms with Crippen molar-refractivity contribution < 1.29 is 0 Å². The van der Waals surface area contributed by atoms with E-state index in [1.54, 1.807) is 4.90 Å². The van der Waals surface area contributed by atoms with Crippen LogP contribution in [0.15, 0.2) is 0 Å². The molecule has 0 amide bonds. The molecular formula is C4H9N. The minimum atomic E-state index is 0.917. The van der Waals surface area contributed by atoms with Crippen LogP contribution in [0.3, 0.4) is 0 Å². The maximum absolute atomic E-state index is 3.48. The van der Waals surface area contributed by atoms with Gasteiger partial charge in [0, 0.05) is 14.1 Å². The summed E-state index contributed by atoms with van der Waals surface area (Å²) in [5.41, 5.74) is 0. The Morgan fingerprint density at radius 1 is 1.60 bits per heavy atom. The Labute approximate surface area is 33.6 Å². The third-order valence-corrected chi connectivity index (χ3v) is 0.447. The molecule has 0 atom stereocenters. The van der Waals surface area contributed by atoms with E-state index in [1.165, 1.54) is 0 Å². The highest BCUT2D eigenvalue weighted by Crippen LogP contribution is 1.71. The van der Waals surface area contributed by atoms with Gasteiger partial charge in [-0.15, -0.1) is 0 Å². The van der Waals surface area contributed by atoms with Crippen LogP contribution in [0.25, 0.3) is 0 Å². The summed E-state index contributed by atoms with van der Waals surface area (Å²) in [6, 6.07) is 0. The zero-order chi connectivity index (χ0) is 4.28. The molecule has 0 spiro atoms. The molecule has 1 nitrogen and oxygen atoms in total. The first-order chi connectivity index (χ1) is 2.27. The van der Waals surface area contributed by atoms with Crippen molar-refractivity contribution in [2.24, 2.45) is 0 Å². The minimum absolute atomic E-state index is 0.917. The maximum atomic E-state index is 3.48. The SMILES string of the molecule is [CH2]N([CH2])CC. The summed E-state index contributed by atoms with van der Waals surface area (Å²) < 4.78 is 0. The van der Waals surface area contributed by atoms with Crippen LogP contribution in [0.1, 0.15) is 6.92 Å². The zero-order valence-corrected chi connectivity index (χ0v) is 3.57. The molecule has 0 rings (SSSR count). The predicted octanol–water partition coefficient (Wildman–Crippen LogP) is 0.891. The van der Waals surface area contributed by atoms with Gasteiger partial charge in [-0.1, -0.05) is 6.92 Å². The van der Waals surface area contributed by atoms with E-state index in [9.17, 15) is 0 Å². The van der Waals surface area contributed by atoms with Crippen LogP contribution >= 0.6 is 0 Å². The van der Waals surface area contributed by atoms with E-state index in [0.717, 1.165) is 6.54 Å². The molecule has 0 heterocycles. The van der Waals surface area contributed by atoms with E-state index in [1.807, 2.05) is 6.92 Å². The van der Waals surface area contributed by atoms with Gasteiger partial charge in [-0.3, -0.25) is 0 Å². The van der Waals surface area contributed by atoms with Crippen LogP contribution in [-0.2, 0) is 0 Å². The standard InChI is InChI=1S/C4H9N/c1-4-5(2)3/h2-4H2,1H3. The molecule has 0 saturated heterocycles. The summed E-state index contributed by atoms with van der Waals surface area (Å²) in [4.78, 5) is 1.62. The summed E-state index contributed by atoms with van der Waals surface area (Å²) in [5.74, 6) is 0. The van der Waals surface area contributed by atoms with Crippen molar-refractivity contribution in [1.82, 2.24) is 4.90 Å². The molecule has 0 aliphatic heterocycles. The Balaban J connectivity index is 2.54. The van der Waals surface area contributed by atoms with Crippen LogP contribution in [-0.4, -0.2) is 11.4 Å². The molecule has 0 unspecified atom stereocenters. The molecule has 0 saturated carbocycles. The van der Waals surface area contributed by atoms with Gasteiger partial charge in [-0.2, -0.15) is 0 Å². The van der Waals surface area contributed by atoms with Gasteiger partial charge in [0.05, 0.1) is 0 Å². The first kappa shape index (κ1) is 4.96. The maximum Gasteiger partial charge on any atom is 0.0110 e. The second kappa shape index (κ2) is 2.21. The van der Waals surface area contributed by atoms with Crippen molar-refractivity contribution in [1.29, 1.82) is 0 Å². The second-order valence-corrected chi connectivity index (χ2v) is 0.987. The van der Waals surface area contributed by atoms with Crippen molar-refractivity contribution in [2.45, 2.75) is 6.92 Å². The third kappa shape index (κ3) is 3.96. The molecule has 0 aromatic rings. The predicted molar refractivity (Wildman–Crippen MR) is 23.1 cm³/mol. The molecule has 0 N–H and O–H groups in total. The summed E-state index contributed by atoms with van der Waals surface area (Å²) in [5, 5.41) is 0. The van der Waals surface area contributed by atoms with Gasteiger partial charge < -0.3 is 4.90 Å². The van der Waals surface area contributed by atoms with E-state index in [2.05, 4.69) is 14.1 Å². The second-order valence-electron chi connectivity index (χ2n) is 0.987. The highest BCUT2D eigenvalue weighted by Gasteiger charge is 1.73. The molecule has 0 aromatic heterocycles. The van der Waals surface area contributed by atoms with Crippen LogP contribution in [0.2, 0.25) is 0 Å². The third-order valence-electron chi connectivity index (χ3n) is 0.447. The molecule has 1 heteroatoms. The Morgan fingerprint density at radius 2 is 1.80 bits per heavy atom. The molecule has 5 heavy (non-hydrogen) atoms. The molecule has 0 aliphatic carbocycles. The zero-order valence-electron chi connectivity index (χ0n) is 3.57. The van der Waals surface area contributed by atoms with Gasteiger partial charge in [0.2, 0.25) is 0 Å². The fourth-order valence-electron chi connectivity index (χ4n) is 0. The Kier molecular flexibility index (Phi) is 2.19. The van der Waals surface area contributed by atoms with E-state index in [-0.39, 0.29) is 0 Å². The normalized spacial score (nSPS) is 9.60. The number of hydrogen-bond donors (Lipinski definition) is 0. The smallest absolute Gasteiger partial charge is 0.0110 e. The van der Waals surface area contributed by atoms with E-state index in [4.69, 9.17) is 0 Å². The van der Waals surface area contributed by atoms with Gasteiger partial charge in [-0.05, 0) is 6.54 Å². The average Bonchev–Trinajstić information content (AvgIpc) is 1.38. The Morgan fingerprint density at radius 3 is 1.80 bits per heavy atom. The van der Waals surface area contributed by atoms with Crippen molar-refractivity contribution in [3.8, 4) is 0 Å². The first-order valence-corrected chi connectivity index (χ1v) is 1.66. The highest BCUT2D eigenvalue weighted by atomic mass is 15.0. The van der Waals surface area contributed by atoms with Crippen LogP contribution in [0.4, 0.5) is 0 Å². The van der Waals surface area contributed by atoms with E-state index in [0.29, 0.717) is 0 Å². The minimum Gasteiger partial charge on any atom is -0.301 e. The summed E-state index contributed by atoms with van der Waals surface area (Å²) in [7, 11) is 6.96. The molecular weight excluding hydrogens is 62.1 g/mol. The molecule has 0 bridgehead atoms. The fraction of sp³-hybridized carbons (Fsp3) is 0.500. The van der Waals surface area contributed by atoms with Gasteiger partial charge in [0.15, 0.2) is 0 Å². The van der Waals surface area contributed by atoms with Crippen molar-refractivity contribution >= 4 is 0 Å². The molecule has 0 aromatic carbocycles. The summed E-state index contributed by atoms with van der Waals surface area (Å²) >= 11 is 0. The first-order valence-electron chi connectivity index (χ1n) is 1.66. The van der Waals surface area contributed by atoms with Gasteiger partial charge in [0.1, 0.15) is 0 Å². The lowest BCUT2D eigenvalue weighted by Crippen LogP contribution is -2.01. The Hall–Kier alpha value is -0.0400. The highest BCUT2D eigenvalue weighted by molar-refractivity contribution is 4.42. The van der Waals surface area contributed by atoms with Crippen LogP contribution in [0.5, 0.6) is 0 Å². The fourth-order valence-corrected chi connectivity index (χ4v) is 0. The number of nitrogens with zero attached hydrogens (tertiary/aromatic N) is 1. The average molecular weight is 71.1 g/mol. The van der Waals surface area contributed by atoms with Crippen molar-refractivity contribution in [2.75, 3.05) is 6.54 Å². The van der Waals surface area contributed by atoms with Crippen LogP contribution < -0.4 is 0 Å². The molecule has 2 radical (unpaired) electrons. The number of hydrogen-bond acceptors (Lipinski definition) is 1. The summed E-state index contributed by atoms with van der Waals surface area (Å²) in [6.45, 7) is 2.92. The lowest BCUT2D eigenvalue weighted by Gasteiger charge is -1.98. The largest absolute Gasteiger partial charge is 0.301 e. The van der Waals surface area contributed by atoms with E-state index < -0.39 is 0 Å². The van der Waals surface area contributed by atoms with E-state index >= 15 is 0 Å². The molecule has 30 valence electrons. The monoisotopic (exact) mass is 71.1 g/mol. The lowest BCUT2D eigenvalue weighted by atomic mass is 10.7. The van der Waals surface area contributed by atoms with Gasteiger partial charge >= 0.3 is 0 Å².